The highest BCUT2D eigenvalue weighted by molar-refractivity contribution is 5.80. The van der Waals surface area contributed by atoms with Crippen molar-refractivity contribution in [3.05, 3.63) is 0 Å². The number of carbonyl (C=O) groups is 1. The predicted molar refractivity (Wildman–Crippen MR) is 56.3 cm³/mol. The van der Waals surface area contributed by atoms with E-state index in [4.69, 9.17) is 5.73 Å². The summed E-state index contributed by atoms with van der Waals surface area (Å²) in [5.41, 5.74) is 11.6. The summed E-state index contributed by atoms with van der Waals surface area (Å²) < 4.78 is 0. The van der Waals surface area contributed by atoms with Crippen molar-refractivity contribution in [2.75, 3.05) is 0 Å². The highest BCUT2D eigenvalue weighted by Gasteiger charge is 2.38. The molecule has 1 saturated heterocycles. The van der Waals surface area contributed by atoms with Gasteiger partial charge < -0.3 is 5.73 Å². The van der Waals surface area contributed by atoms with Gasteiger partial charge in [0.2, 0.25) is 5.91 Å². The Morgan fingerprint density at radius 3 is 2.36 bits per heavy atom. The fourth-order valence-electron chi connectivity index (χ4n) is 1.94. The zero-order valence-electron chi connectivity index (χ0n) is 9.26. The molecule has 0 bridgehead atoms. The highest BCUT2D eigenvalue weighted by Crippen LogP contribution is 2.33. The maximum absolute atomic E-state index is 11.0. The largest absolute Gasteiger partial charge is 0.368 e. The topological polar surface area (TPSA) is 67.2 Å². The van der Waals surface area contributed by atoms with Crippen LogP contribution in [0.25, 0.3) is 0 Å². The van der Waals surface area contributed by atoms with Gasteiger partial charge in [-0.15, -0.1) is 0 Å². The molecule has 1 fully saturated rings. The Morgan fingerprint density at radius 2 is 2.00 bits per heavy atom. The molecule has 0 aromatic carbocycles. The molecule has 2 unspecified atom stereocenters. The number of nitrogens with one attached hydrogen (secondary N) is 2. The Kier molecular flexibility index (Phi) is 3.50. The van der Waals surface area contributed by atoms with Crippen LogP contribution in [0.2, 0.25) is 0 Å². The lowest BCUT2D eigenvalue weighted by atomic mass is 9.76. The second-order valence-electron chi connectivity index (χ2n) is 4.39. The van der Waals surface area contributed by atoms with Gasteiger partial charge in [-0.05, 0) is 24.7 Å². The van der Waals surface area contributed by atoms with Crippen molar-refractivity contribution < 1.29 is 4.79 Å². The molecule has 1 aliphatic rings. The molecule has 82 valence electrons. The standard InChI is InChI=1S/C10H21N3O/c1-4-10(3,5-2)8-6-7(9(11)14)12-13-8/h7-8,12-13H,4-6H2,1-3H3,(H2,11,14). The first kappa shape index (κ1) is 11.5. The van der Waals surface area contributed by atoms with E-state index in [2.05, 4.69) is 31.6 Å². The van der Waals surface area contributed by atoms with Crippen LogP contribution in [0.4, 0.5) is 0 Å². The second-order valence-corrected chi connectivity index (χ2v) is 4.39. The molecule has 0 spiro atoms. The van der Waals surface area contributed by atoms with E-state index in [1.165, 1.54) is 0 Å². The van der Waals surface area contributed by atoms with Crippen LogP contribution in [0.3, 0.4) is 0 Å². The first-order valence-corrected chi connectivity index (χ1v) is 5.34. The van der Waals surface area contributed by atoms with Crippen molar-refractivity contribution in [3.63, 3.8) is 0 Å². The van der Waals surface area contributed by atoms with E-state index < -0.39 is 0 Å². The molecular formula is C10H21N3O. The van der Waals surface area contributed by atoms with E-state index in [0.29, 0.717) is 6.04 Å². The van der Waals surface area contributed by atoms with Gasteiger partial charge in [0.15, 0.2) is 0 Å². The van der Waals surface area contributed by atoms with Gasteiger partial charge >= 0.3 is 0 Å². The zero-order chi connectivity index (χ0) is 10.8. The van der Waals surface area contributed by atoms with Gasteiger partial charge in [0.05, 0.1) is 0 Å². The van der Waals surface area contributed by atoms with Crippen LogP contribution in [0.5, 0.6) is 0 Å². The molecule has 0 radical (unpaired) electrons. The SMILES string of the molecule is CCC(C)(CC)C1CC(C(N)=O)NN1. The van der Waals surface area contributed by atoms with Gasteiger partial charge in [0.25, 0.3) is 0 Å². The lowest BCUT2D eigenvalue weighted by molar-refractivity contribution is -0.119. The molecular weight excluding hydrogens is 178 g/mol. The minimum absolute atomic E-state index is 0.211. The molecule has 0 saturated carbocycles. The normalized spacial score (nSPS) is 27.9. The number of hydrogen-bond donors (Lipinski definition) is 3. The molecule has 2 atom stereocenters. The van der Waals surface area contributed by atoms with E-state index in [9.17, 15) is 4.79 Å². The van der Waals surface area contributed by atoms with Gasteiger partial charge in [0.1, 0.15) is 6.04 Å². The summed E-state index contributed by atoms with van der Waals surface area (Å²) in [6.07, 6.45) is 3.01. The highest BCUT2D eigenvalue weighted by atomic mass is 16.1. The Morgan fingerprint density at radius 1 is 1.43 bits per heavy atom. The Hall–Kier alpha value is -0.610. The maximum Gasteiger partial charge on any atom is 0.235 e. The molecule has 4 nitrogen and oxygen atoms in total. The van der Waals surface area contributed by atoms with Crippen LogP contribution in [0.1, 0.15) is 40.0 Å². The van der Waals surface area contributed by atoms with E-state index in [0.717, 1.165) is 19.3 Å². The molecule has 0 aromatic rings. The third-order valence-corrected chi connectivity index (χ3v) is 3.70. The number of hydrogen-bond acceptors (Lipinski definition) is 3. The van der Waals surface area contributed by atoms with Crippen molar-refractivity contribution in [2.24, 2.45) is 11.1 Å². The summed E-state index contributed by atoms with van der Waals surface area (Å²) in [6.45, 7) is 6.61. The predicted octanol–water partition coefficient (Wildman–Crippen LogP) is 0.533. The van der Waals surface area contributed by atoms with Crippen LogP contribution >= 0.6 is 0 Å². The number of amides is 1. The summed E-state index contributed by atoms with van der Waals surface area (Å²) in [7, 11) is 0. The average molecular weight is 199 g/mol. The number of primary amides is 1. The van der Waals surface area contributed by atoms with Crippen LogP contribution < -0.4 is 16.6 Å². The average Bonchev–Trinajstić information content (AvgIpc) is 2.66. The van der Waals surface area contributed by atoms with Crippen molar-refractivity contribution >= 4 is 5.91 Å². The molecule has 1 aliphatic heterocycles. The third kappa shape index (κ3) is 2.07. The van der Waals surface area contributed by atoms with Gasteiger partial charge in [-0.1, -0.05) is 20.8 Å². The van der Waals surface area contributed by atoms with Crippen LogP contribution in [-0.2, 0) is 4.79 Å². The first-order chi connectivity index (χ1) is 6.53. The van der Waals surface area contributed by atoms with Crippen molar-refractivity contribution in [2.45, 2.75) is 52.1 Å². The van der Waals surface area contributed by atoms with Gasteiger partial charge in [0, 0.05) is 6.04 Å². The Labute approximate surface area is 85.6 Å². The van der Waals surface area contributed by atoms with Gasteiger partial charge in [-0.2, -0.15) is 0 Å². The van der Waals surface area contributed by atoms with Gasteiger partial charge in [-0.25, -0.2) is 5.43 Å². The molecule has 14 heavy (non-hydrogen) atoms. The molecule has 4 heteroatoms. The summed E-state index contributed by atoms with van der Waals surface area (Å²) in [5, 5.41) is 0. The number of hydrazine groups is 1. The summed E-state index contributed by atoms with van der Waals surface area (Å²) in [4.78, 5) is 11.0. The van der Waals surface area contributed by atoms with Crippen molar-refractivity contribution in [1.82, 2.24) is 10.9 Å². The van der Waals surface area contributed by atoms with Crippen LogP contribution in [-0.4, -0.2) is 18.0 Å². The van der Waals surface area contributed by atoms with Crippen LogP contribution in [0.15, 0.2) is 0 Å². The van der Waals surface area contributed by atoms with Crippen molar-refractivity contribution in [3.8, 4) is 0 Å². The third-order valence-electron chi connectivity index (χ3n) is 3.70. The minimum atomic E-state index is -0.269. The molecule has 0 aliphatic carbocycles. The van der Waals surface area contributed by atoms with Crippen LogP contribution in [0, 0.1) is 5.41 Å². The Balaban J connectivity index is 2.60. The summed E-state index contributed by atoms with van der Waals surface area (Å²) in [6, 6.07) is 0.132. The lowest BCUT2D eigenvalue weighted by Crippen LogP contribution is -2.43. The molecule has 1 amide bonds. The van der Waals surface area contributed by atoms with Gasteiger partial charge in [-0.3, -0.25) is 10.2 Å². The monoisotopic (exact) mass is 199 g/mol. The molecule has 1 rings (SSSR count). The smallest absolute Gasteiger partial charge is 0.235 e. The first-order valence-electron chi connectivity index (χ1n) is 5.34. The minimum Gasteiger partial charge on any atom is -0.368 e. The molecule has 4 N–H and O–H groups in total. The molecule has 0 aromatic heterocycles. The van der Waals surface area contributed by atoms with E-state index in [1.807, 2.05) is 0 Å². The summed E-state index contributed by atoms with van der Waals surface area (Å²) in [5.74, 6) is -0.269. The van der Waals surface area contributed by atoms with E-state index in [1.54, 1.807) is 0 Å². The fraction of sp³-hybridized carbons (Fsp3) is 0.900. The maximum atomic E-state index is 11.0. The number of nitrogens with two attached hydrogens (primary N) is 1. The zero-order valence-corrected chi connectivity index (χ0v) is 9.26. The number of carbonyl (C=O) groups excluding carboxylic acids is 1. The fourth-order valence-corrected chi connectivity index (χ4v) is 1.94. The van der Waals surface area contributed by atoms with E-state index in [-0.39, 0.29) is 17.4 Å². The lowest BCUT2D eigenvalue weighted by Gasteiger charge is -2.33. The Bertz CT molecular complexity index is 213. The quantitative estimate of drug-likeness (QED) is 0.619. The molecule has 1 heterocycles. The second kappa shape index (κ2) is 4.28. The van der Waals surface area contributed by atoms with E-state index >= 15 is 0 Å². The number of rotatable bonds is 4. The van der Waals surface area contributed by atoms with Crippen molar-refractivity contribution in [1.29, 1.82) is 0 Å². The summed E-state index contributed by atoms with van der Waals surface area (Å²) >= 11 is 0.